The lowest BCUT2D eigenvalue weighted by Crippen LogP contribution is -2.37. The highest BCUT2D eigenvalue weighted by Gasteiger charge is 2.41. The summed E-state index contributed by atoms with van der Waals surface area (Å²) in [6.07, 6.45) is 1.08. The van der Waals surface area contributed by atoms with E-state index < -0.39 is 0 Å². The number of hydrogen-bond donors (Lipinski definition) is 2. The van der Waals surface area contributed by atoms with E-state index >= 15 is 0 Å². The number of carbonyl (C=O) groups is 1. The van der Waals surface area contributed by atoms with Gasteiger partial charge in [0.05, 0.1) is 11.5 Å². The minimum absolute atomic E-state index is 0.0154. The Morgan fingerprint density at radius 2 is 1.28 bits per heavy atom. The quantitative estimate of drug-likeness (QED) is 0.592. The van der Waals surface area contributed by atoms with Crippen LogP contribution in [0.25, 0.3) is 0 Å². The molecule has 0 spiro atoms. The third-order valence-electron chi connectivity index (χ3n) is 4.00. The van der Waals surface area contributed by atoms with Crippen LogP contribution in [0, 0.1) is 23.7 Å². The zero-order valence-corrected chi connectivity index (χ0v) is 11.1. The highest BCUT2D eigenvalue weighted by Crippen LogP contribution is 2.45. The lowest BCUT2D eigenvalue weighted by Gasteiger charge is -2.40. The van der Waals surface area contributed by atoms with Crippen molar-refractivity contribution in [3.63, 3.8) is 0 Å². The molecule has 0 radical (unpaired) electrons. The molecule has 18 heavy (non-hydrogen) atoms. The Kier molecular flexibility index (Phi) is 4.38. The Labute approximate surface area is 109 Å². The lowest BCUT2D eigenvalue weighted by molar-refractivity contribution is -0.124. The molecule has 1 aliphatic carbocycles. The van der Waals surface area contributed by atoms with Gasteiger partial charge in [-0.15, -0.1) is 0 Å². The summed E-state index contributed by atoms with van der Waals surface area (Å²) in [5.41, 5.74) is 0.934. The second-order valence-corrected chi connectivity index (χ2v) is 5.34. The first-order chi connectivity index (χ1) is 8.25. The van der Waals surface area contributed by atoms with Crippen LogP contribution in [-0.2, 0) is 4.79 Å². The van der Waals surface area contributed by atoms with Gasteiger partial charge in [-0.2, -0.15) is 0 Å². The fourth-order valence-corrected chi connectivity index (χ4v) is 2.93. The van der Waals surface area contributed by atoms with E-state index in [1.807, 2.05) is 6.92 Å². The predicted octanol–water partition coefficient (Wildman–Crippen LogP) is 3.55. The van der Waals surface area contributed by atoms with E-state index in [2.05, 4.69) is 19.7 Å². The zero-order chi connectivity index (χ0) is 14.0. The second-order valence-electron chi connectivity index (χ2n) is 5.34. The van der Waals surface area contributed by atoms with E-state index in [1.54, 1.807) is 0 Å². The molecule has 0 aliphatic heterocycles. The lowest BCUT2D eigenvalue weighted by atomic mass is 9.64. The number of aliphatic hydroxyl groups excluding tert-OH is 2. The molecule has 3 nitrogen and oxygen atoms in total. The smallest absolute Gasteiger partial charge is 0.133 e. The largest absolute Gasteiger partial charge is 0.513 e. The molecule has 3 heteroatoms. The van der Waals surface area contributed by atoms with Crippen molar-refractivity contribution in [2.45, 2.75) is 26.7 Å². The normalized spacial score (nSPS) is 31.7. The molecule has 0 aromatic heterocycles. The Bertz CT molecular complexity index is 321. The molecule has 2 N–H and O–H groups in total. The van der Waals surface area contributed by atoms with Crippen molar-refractivity contribution in [1.82, 2.24) is 0 Å². The number of allylic oxidation sites excluding steroid dienone is 3. The van der Waals surface area contributed by atoms with Gasteiger partial charge in [-0.05, 0) is 32.6 Å². The van der Waals surface area contributed by atoms with Gasteiger partial charge < -0.3 is 10.2 Å². The van der Waals surface area contributed by atoms with Crippen molar-refractivity contribution >= 4 is 5.78 Å². The minimum Gasteiger partial charge on any atom is -0.513 e. The minimum atomic E-state index is -0.299. The van der Waals surface area contributed by atoms with Gasteiger partial charge in [0.15, 0.2) is 0 Å². The molecule has 1 aliphatic rings. The van der Waals surface area contributed by atoms with Gasteiger partial charge in [0.1, 0.15) is 5.78 Å². The van der Waals surface area contributed by atoms with Crippen LogP contribution >= 0.6 is 0 Å². The van der Waals surface area contributed by atoms with E-state index in [0.29, 0.717) is 12.8 Å². The second kappa shape index (κ2) is 5.42. The molecule has 1 fully saturated rings. The van der Waals surface area contributed by atoms with Crippen LogP contribution in [0.4, 0.5) is 0 Å². The predicted molar refractivity (Wildman–Crippen MR) is 72.2 cm³/mol. The maximum Gasteiger partial charge on any atom is 0.133 e. The van der Waals surface area contributed by atoms with Gasteiger partial charge >= 0.3 is 0 Å². The molecule has 100 valence electrons. The van der Waals surface area contributed by atoms with E-state index in [0.717, 1.165) is 5.57 Å². The SMILES string of the molecule is C=C(O)[C@H]1C[C@@H](C(=C)C)[C@@H](C(=C)O)CC1C(C)=O. The highest BCUT2D eigenvalue weighted by atomic mass is 16.3. The van der Waals surface area contributed by atoms with Crippen LogP contribution < -0.4 is 0 Å². The summed E-state index contributed by atoms with van der Waals surface area (Å²) in [5.74, 6) is -0.521. The first kappa shape index (κ1) is 14.6. The van der Waals surface area contributed by atoms with Gasteiger partial charge in [0.25, 0.3) is 0 Å². The molecule has 0 bridgehead atoms. The van der Waals surface area contributed by atoms with Crippen LogP contribution in [0.5, 0.6) is 0 Å². The first-order valence-corrected chi connectivity index (χ1v) is 6.17. The van der Waals surface area contributed by atoms with E-state index in [-0.39, 0.29) is 41.0 Å². The van der Waals surface area contributed by atoms with Crippen molar-refractivity contribution in [2.75, 3.05) is 0 Å². The standard InChI is InChI=1S/C15H22O3/c1-8(2)12-6-14(10(4)17)15(11(5)18)7-13(12)9(3)16/h12-17H,1,3-4,6-7H2,2,5H3/t12-,13+,14+,15?/m0/s1. The van der Waals surface area contributed by atoms with Crippen LogP contribution in [0.15, 0.2) is 36.8 Å². The highest BCUT2D eigenvalue weighted by molar-refractivity contribution is 5.79. The fourth-order valence-electron chi connectivity index (χ4n) is 2.93. The number of ketones is 1. The maximum atomic E-state index is 11.7. The maximum absolute atomic E-state index is 11.7. The summed E-state index contributed by atoms with van der Waals surface area (Å²) < 4.78 is 0. The molecule has 0 heterocycles. The zero-order valence-electron chi connectivity index (χ0n) is 11.1. The topological polar surface area (TPSA) is 57.5 Å². The van der Waals surface area contributed by atoms with Crippen LogP contribution in [0.1, 0.15) is 26.7 Å². The Morgan fingerprint density at radius 1 is 0.889 bits per heavy atom. The van der Waals surface area contributed by atoms with Gasteiger partial charge in [0.2, 0.25) is 0 Å². The van der Waals surface area contributed by atoms with E-state index in [1.165, 1.54) is 6.92 Å². The summed E-state index contributed by atoms with van der Waals surface area (Å²) in [4.78, 5) is 11.7. The number of aliphatic hydroxyl groups is 2. The number of carbonyl (C=O) groups excluding carboxylic acids is 1. The molecule has 4 atom stereocenters. The van der Waals surface area contributed by atoms with Crippen molar-refractivity contribution in [1.29, 1.82) is 0 Å². The molecule has 0 aromatic rings. The van der Waals surface area contributed by atoms with Gasteiger partial charge in [0, 0.05) is 17.8 Å². The molecule has 0 saturated heterocycles. The average molecular weight is 250 g/mol. The molecule has 0 amide bonds. The van der Waals surface area contributed by atoms with Crippen LogP contribution in [0.2, 0.25) is 0 Å². The molecule has 1 saturated carbocycles. The summed E-state index contributed by atoms with van der Waals surface area (Å²) >= 11 is 0. The molecule has 1 rings (SSSR count). The van der Waals surface area contributed by atoms with E-state index in [4.69, 9.17) is 0 Å². The summed E-state index contributed by atoms with van der Waals surface area (Å²) in [6, 6.07) is 0. The molecule has 1 unspecified atom stereocenters. The summed E-state index contributed by atoms with van der Waals surface area (Å²) in [7, 11) is 0. The first-order valence-electron chi connectivity index (χ1n) is 6.17. The molecular formula is C15H22O3. The fraction of sp³-hybridized carbons (Fsp3) is 0.533. The Hall–Kier alpha value is -1.51. The molecule has 0 aromatic carbocycles. The number of Topliss-reactive ketones (excluding diaryl/α,β-unsaturated/α-hetero) is 1. The third-order valence-corrected chi connectivity index (χ3v) is 4.00. The van der Waals surface area contributed by atoms with Gasteiger partial charge in [-0.25, -0.2) is 0 Å². The van der Waals surface area contributed by atoms with Crippen molar-refractivity contribution in [2.24, 2.45) is 23.7 Å². The van der Waals surface area contributed by atoms with Gasteiger partial charge in [-0.1, -0.05) is 25.3 Å². The van der Waals surface area contributed by atoms with Crippen molar-refractivity contribution in [3.05, 3.63) is 36.8 Å². The Morgan fingerprint density at radius 3 is 1.61 bits per heavy atom. The summed E-state index contributed by atoms with van der Waals surface area (Å²) in [5, 5.41) is 19.3. The van der Waals surface area contributed by atoms with Crippen molar-refractivity contribution in [3.8, 4) is 0 Å². The van der Waals surface area contributed by atoms with Crippen LogP contribution in [0.3, 0.4) is 0 Å². The number of rotatable bonds is 4. The monoisotopic (exact) mass is 250 g/mol. The van der Waals surface area contributed by atoms with Crippen LogP contribution in [-0.4, -0.2) is 16.0 Å². The van der Waals surface area contributed by atoms with E-state index in [9.17, 15) is 15.0 Å². The number of hydrogen-bond acceptors (Lipinski definition) is 3. The van der Waals surface area contributed by atoms with Gasteiger partial charge in [-0.3, -0.25) is 4.79 Å². The third kappa shape index (κ3) is 2.84. The Balaban J connectivity index is 3.06. The molecular weight excluding hydrogens is 228 g/mol. The summed E-state index contributed by atoms with van der Waals surface area (Å²) in [6.45, 7) is 14.5. The van der Waals surface area contributed by atoms with Crippen molar-refractivity contribution < 1.29 is 15.0 Å². The average Bonchev–Trinajstić information content (AvgIpc) is 2.26.